The molecular formula is C15H24N2O2. The lowest BCUT2D eigenvalue weighted by Gasteiger charge is -2.18. The Balaban J connectivity index is 2.74. The summed E-state index contributed by atoms with van der Waals surface area (Å²) in [6.07, 6.45) is 1.30. The molecule has 1 atom stereocenters. The summed E-state index contributed by atoms with van der Waals surface area (Å²) in [6, 6.07) is 6.08. The van der Waals surface area contributed by atoms with Gasteiger partial charge in [-0.3, -0.25) is 4.79 Å². The van der Waals surface area contributed by atoms with Crippen LogP contribution >= 0.6 is 0 Å². The number of rotatable bonds is 6. The predicted molar refractivity (Wildman–Crippen MR) is 77.5 cm³/mol. The highest BCUT2D eigenvalue weighted by Gasteiger charge is 2.14. The summed E-state index contributed by atoms with van der Waals surface area (Å²) < 4.78 is 5.25. The average Bonchev–Trinajstić information content (AvgIpc) is 2.39. The molecule has 0 radical (unpaired) electrons. The van der Waals surface area contributed by atoms with Crippen molar-refractivity contribution in [2.75, 3.05) is 27.7 Å². The Bertz CT molecular complexity index is 430. The fourth-order valence-corrected chi connectivity index (χ4v) is 2.10. The van der Waals surface area contributed by atoms with Crippen molar-refractivity contribution in [2.45, 2.75) is 25.7 Å². The van der Waals surface area contributed by atoms with Crippen LogP contribution in [0.5, 0.6) is 5.75 Å². The second kappa shape index (κ2) is 7.14. The van der Waals surface area contributed by atoms with E-state index in [2.05, 4.69) is 6.07 Å². The molecule has 1 aromatic rings. The number of methoxy groups -OCH3 is 1. The van der Waals surface area contributed by atoms with Gasteiger partial charge in [-0.15, -0.1) is 0 Å². The van der Waals surface area contributed by atoms with E-state index in [0.717, 1.165) is 17.7 Å². The third-order valence-corrected chi connectivity index (χ3v) is 3.38. The molecule has 1 unspecified atom stereocenters. The summed E-state index contributed by atoms with van der Waals surface area (Å²) in [4.78, 5) is 13.2. The Morgan fingerprint density at radius 3 is 2.58 bits per heavy atom. The lowest BCUT2D eigenvalue weighted by atomic mass is 9.92. The number of hydrogen-bond donors (Lipinski definition) is 1. The van der Waals surface area contributed by atoms with Crippen LogP contribution in [0, 0.1) is 6.92 Å². The van der Waals surface area contributed by atoms with E-state index in [4.69, 9.17) is 10.5 Å². The maximum atomic E-state index is 11.6. The molecule has 0 fully saturated rings. The Kier molecular flexibility index (Phi) is 5.83. The average molecular weight is 264 g/mol. The summed E-state index contributed by atoms with van der Waals surface area (Å²) in [5.74, 6) is 1.24. The van der Waals surface area contributed by atoms with Gasteiger partial charge in [-0.25, -0.2) is 0 Å². The molecule has 2 N–H and O–H groups in total. The molecule has 0 spiro atoms. The van der Waals surface area contributed by atoms with Crippen molar-refractivity contribution in [3.05, 3.63) is 29.3 Å². The molecule has 1 amide bonds. The number of nitrogens with zero attached hydrogens (tertiary/aromatic N) is 1. The monoisotopic (exact) mass is 264 g/mol. The van der Waals surface area contributed by atoms with Crippen LogP contribution in [-0.4, -0.2) is 38.6 Å². The van der Waals surface area contributed by atoms with E-state index in [-0.39, 0.29) is 11.8 Å². The van der Waals surface area contributed by atoms with Crippen LogP contribution in [0.15, 0.2) is 18.2 Å². The Hall–Kier alpha value is -1.55. The van der Waals surface area contributed by atoms with E-state index in [0.29, 0.717) is 13.0 Å². The molecule has 0 aromatic heterocycles. The van der Waals surface area contributed by atoms with Crippen LogP contribution < -0.4 is 10.5 Å². The topological polar surface area (TPSA) is 55.6 Å². The molecule has 1 aromatic carbocycles. The predicted octanol–water partition coefficient (Wildman–Crippen LogP) is 1.91. The molecule has 0 saturated carbocycles. The van der Waals surface area contributed by atoms with E-state index in [9.17, 15) is 4.79 Å². The SMILES string of the molecule is COc1ccc(C(CN)CCC(=O)N(C)C)cc1C. The van der Waals surface area contributed by atoms with E-state index in [1.165, 1.54) is 5.56 Å². The number of benzene rings is 1. The van der Waals surface area contributed by atoms with Gasteiger partial charge in [0.1, 0.15) is 5.75 Å². The minimum atomic E-state index is 0.142. The normalized spacial score (nSPS) is 12.1. The Morgan fingerprint density at radius 2 is 2.11 bits per heavy atom. The van der Waals surface area contributed by atoms with Crippen molar-refractivity contribution in [2.24, 2.45) is 5.73 Å². The quantitative estimate of drug-likeness (QED) is 0.854. The van der Waals surface area contributed by atoms with Gasteiger partial charge in [-0.05, 0) is 43.0 Å². The summed E-state index contributed by atoms with van der Waals surface area (Å²) in [5, 5.41) is 0. The van der Waals surface area contributed by atoms with Crippen molar-refractivity contribution in [1.29, 1.82) is 0 Å². The maximum Gasteiger partial charge on any atom is 0.222 e. The van der Waals surface area contributed by atoms with E-state index in [1.54, 1.807) is 26.1 Å². The van der Waals surface area contributed by atoms with Crippen molar-refractivity contribution in [1.82, 2.24) is 4.90 Å². The molecule has 0 heterocycles. The molecule has 0 saturated heterocycles. The zero-order valence-corrected chi connectivity index (χ0v) is 12.3. The van der Waals surface area contributed by atoms with Gasteiger partial charge in [0.15, 0.2) is 0 Å². The molecule has 0 bridgehead atoms. The first kappa shape index (κ1) is 15.5. The van der Waals surface area contributed by atoms with Gasteiger partial charge in [-0.1, -0.05) is 12.1 Å². The molecule has 0 aliphatic rings. The van der Waals surface area contributed by atoms with Crippen LogP contribution in [0.2, 0.25) is 0 Å². The number of nitrogens with two attached hydrogens (primary N) is 1. The largest absolute Gasteiger partial charge is 0.496 e. The van der Waals surface area contributed by atoms with Gasteiger partial charge in [0.2, 0.25) is 5.91 Å². The minimum absolute atomic E-state index is 0.142. The fourth-order valence-electron chi connectivity index (χ4n) is 2.10. The molecular weight excluding hydrogens is 240 g/mol. The van der Waals surface area contributed by atoms with Crippen molar-refractivity contribution >= 4 is 5.91 Å². The Morgan fingerprint density at radius 1 is 1.42 bits per heavy atom. The van der Waals surface area contributed by atoms with Crippen molar-refractivity contribution in [3.63, 3.8) is 0 Å². The third-order valence-electron chi connectivity index (χ3n) is 3.38. The Labute approximate surface area is 115 Å². The molecule has 106 valence electrons. The number of hydrogen-bond acceptors (Lipinski definition) is 3. The van der Waals surface area contributed by atoms with Crippen LogP contribution in [0.3, 0.4) is 0 Å². The van der Waals surface area contributed by atoms with Crippen LogP contribution in [0.25, 0.3) is 0 Å². The van der Waals surface area contributed by atoms with Gasteiger partial charge >= 0.3 is 0 Å². The van der Waals surface area contributed by atoms with Crippen LogP contribution in [0.1, 0.15) is 29.9 Å². The van der Waals surface area contributed by atoms with Gasteiger partial charge < -0.3 is 15.4 Å². The summed E-state index contributed by atoms with van der Waals surface area (Å²) >= 11 is 0. The minimum Gasteiger partial charge on any atom is -0.496 e. The fraction of sp³-hybridized carbons (Fsp3) is 0.533. The molecule has 0 aliphatic carbocycles. The standard InChI is InChI=1S/C15H24N2O2/c1-11-9-12(5-7-14(11)19-4)13(10-16)6-8-15(18)17(2)3/h5,7,9,13H,6,8,10,16H2,1-4H3. The van der Waals surface area contributed by atoms with Gasteiger partial charge in [-0.2, -0.15) is 0 Å². The number of amides is 1. The highest BCUT2D eigenvalue weighted by Crippen LogP contribution is 2.26. The number of carbonyl (C=O) groups is 1. The second-order valence-corrected chi connectivity index (χ2v) is 4.99. The lowest BCUT2D eigenvalue weighted by Crippen LogP contribution is -2.23. The zero-order chi connectivity index (χ0) is 14.4. The summed E-state index contributed by atoms with van der Waals surface area (Å²) in [7, 11) is 5.22. The molecule has 0 aliphatic heterocycles. The lowest BCUT2D eigenvalue weighted by molar-refractivity contribution is -0.128. The van der Waals surface area contributed by atoms with Crippen molar-refractivity contribution in [3.8, 4) is 5.75 Å². The van der Waals surface area contributed by atoms with Crippen molar-refractivity contribution < 1.29 is 9.53 Å². The van der Waals surface area contributed by atoms with Crippen LogP contribution in [-0.2, 0) is 4.79 Å². The first-order valence-electron chi connectivity index (χ1n) is 6.54. The molecule has 4 nitrogen and oxygen atoms in total. The number of aryl methyl sites for hydroxylation is 1. The van der Waals surface area contributed by atoms with Gasteiger partial charge in [0, 0.05) is 20.5 Å². The zero-order valence-electron chi connectivity index (χ0n) is 12.3. The number of ether oxygens (including phenoxy) is 1. The summed E-state index contributed by atoms with van der Waals surface area (Å²) in [5.41, 5.74) is 8.10. The van der Waals surface area contributed by atoms with Gasteiger partial charge in [0.25, 0.3) is 0 Å². The molecule has 1 rings (SSSR count). The third kappa shape index (κ3) is 4.24. The summed E-state index contributed by atoms with van der Waals surface area (Å²) in [6.45, 7) is 2.56. The first-order chi connectivity index (χ1) is 8.99. The molecule has 19 heavy (non-hydrogen) atoms. The highest BCUT2D eigenvalue weighted by atomic mass is 16.5. The van der Waals surface area contributed by atoms with Gasteiger partial charge in [0.05, 0.1) is 7.11 Å². The second-order valence-electron chi connectivity index (χ2n) is 4.99. The van der Waals surface area contributed by atoms with E-state index < -0.39 is 0 Å². The smallest absolute Gasteiger partial charge is 0.222 e. The van der Waals surface area contributed by atoms with Crippen LogP contribution in [0.4, 0.5) is 0 Å². The number of carbonyl (C=O) groups excluding carboxylic acids is 1. The van der Waals surface area contributed by atoms with E-state index in [1.807, 2.05) is 19.1 Å². The van der Waals surface area contributed by atoms with E-state index >= 15 is 0 Å². The molecule has 4 heteroatoms. The maximum absolute atomic E-state index is 11.6. The first-order valence-corrected chi connectivity index (χ1v) is 6.54. The highest BCUT2D eigenvalue weighted by molar-refractivity contribution is 5.75.